The zero-order chi connectivity index (χ0) is 15.4. The van der Waals surface area contributed by atoms with Crippen molar-refractivity contribution in [3.8, 4) is 0 Å². The predicted octanol–water partition coefficient (Wildman–Crippen LogP) is 4.20. The average Bonchev–Trinajstić information content (AvgIpc) is 3.39. The molecule has 0 bridgehead atoms. The van der Waals surface area contributed by atoms with Crippen LogP contribution in [0.25, 0.3) is 0 Å². The summed E-state index contributed by atoms with van der Waals surface area (Å²) in [5.74, 6) is 0.627. The minimum absolute atomic E-state index is 0.0169. The van der Waals surface area contributed by atoms with Crippen molar-refractivity contribution in [1.82, 2.24) is 7.06 Å². The van der Waals surface area contributed by atoms with Gasteiger partial charge in [0.25, 0.3) is 0 Å². The maximum absolute atomic E-state index is 13.0. The van der Waals surface area contributed by atoms with Gasteiger partial charge in [0.15, 0.2) is 0 Å². The Kier molecular flexibility index (Phi) is 4.22. The van der Waals surface area contributed by atoms with Crippen LogP contribution in [0.2, 0.25) is 0 Å². The average molecular weight is 532 g/mol. The third kappa shape index (κ3) is 2.54. The van der Waals surface area contributed by atoms with Crippen LogP contribution in [-0.4, -0.2) is 18.7 Å². The van der Waals surface area contributed by atoms with Gasteiger partial charge in [0.1, 0.15) is 0 Å². The Hall–Kier alpha value is 0.850. The Morgan fingerprint density at radius 3 is 2.23 bits per heavy atom. The molecule has 4 nitrogen and oxygen atoms in total. The number of hydrogen-bond acceptors (Lipinski definition) is 4. The fourth-order valence-corrected chi connectivity index (χ4v) is 12.1. The van der Waals surface area contributed by atoms with Crippen molar-refractivity contribution in [2.75, 3.05) is 0 Å². The molecule has 1 unspecified atom stereocenters. The topological polar surface area (TPSA) is 70.2 Å². The number of rotatable bonds is 4. The molecule has 2 aliphatic heterocycles. The Morgan fingerprint density at radius 1 is 1.14 bits per heavy atom. The fraction of sp³-hybridized carbons (Fsp3) is 0.938. The van der Waals surface area contributed by atoms with Crippen molar-refractivity contribution >= 4 is 48.9 Å². The van der Waals surface area contributed by atoms with E-state index in [4.69, 9.17) is 4.74 Å². The summed E-state index contributed by atoms with van der Waals surface area (Å²) >= 11 is 1.20. The van der Waals surface area contributed by atoms with Gasteiger partial charge in [-0.1, -0.05) is 0 Å². The van der Waals surface area contributed by atoms with E-state index in [1.54, 1.807) is 0 Å². The van der Waals surface area contributed by atoms with Crippen LogP contribution in [0.3, 0.4) is 0 Å². The first kappa shape index (κ1) is 16.3. The predicted molar refractivity (Wildman–Crippen MR) is 104 cm³/mol. The van der Waals surface area contributed by atoms with E-state index in [1.807, 2.05) is 0 Å². The molecule has 0 aromatic carbocycles. The molecule has 4 aliphatic rings. The first-order valence-electron chi connectivity index (χ1n) is 8.68. The van der Waals surface area contributed by atoms with Crippen LogP contribution in [-0.2, 0) is 9.53 Å². The van der Waals surface area contributed by atoms with E-state index in [9.17, 15) is 4.79 Å². The summed E-state index contributed by atoms with van der Waals surface area (Å²) in [4.78, 5) is 13.0. The fourth-order valence-electron chi connectivity index (χ4n) is 4.37. The quantitative estimate of drug-likeness (QED) is 0.142. The zero-order valence-corrected chi connectivity index (χ0v) is 17.5. The van der Waals surface area contributed by atoms with Gasteiger partial charge < -0.3 is 0 Å². The van der Waals surface area contributed by atoms with E-state index >= 15 is 0 Å². The Labute approximate surface area is 154 Å². The van der Waals surface area contributed by atoms with Gasteiger partial charge in [-0.3, -0.25) is 0 Å². The van der Waals surface area contributed by atoms with Gasteiger partial charge in [0, 0.05) is 0 Å². The minimum atomic E-state index is -1.13. The molecular formula is C16H26I2N2O2. The summed E-state index contributed by atoms with van der Waals surface area (Å²) in [6.07, 6.45) is 12.4. The molecule has 0 aromatic heterocycles. The van der Waals surface area contributed by atoms with E-state index in [0.29, 0.717) is 5.92 Å². The molecule has 0 spiro atoms. The van der Waals surface area contributed by atoms with Crippen LogP contribution >= 0.6 is 43.0 Å². The normalized spacial score (nSPS) is 33.5. The van der Waals surface area contributed by atoms with Gasteiger partial charge in [-0.15, -0.1) is 0 Å². The Bertz CT molecular complexity index is 465. The van der Waals surface area contributed by atoms with E-state index in [2.05, 4.69) is 36.6 Å². The number of carbonyl (C=O) groups excluding carboxylic acids is 1. The summed E-state index contributed by atoms with van der Waals surface area (Å²) in [7, 11) is 0. The molecule has 2 N–H and O–H groups in total. The van der Waals surface area contributed by atoms with Crippen molar-refractivity contribution < 1.29 is 9.53 Å². The summed E-state index contributed by atoms with van der Waals surface area (Å²) in [5, 5.41) is 0. The van der Waals surface area contributed by atoms with E-state index in [0.717, 1.165) is 12.8 Å². The van der Waals surface area contributed by atoms with Crippen LogP contribution in [0.5, 0.6) is 0 Å². The second-order valence-electron chi connectivity index (χ2n) is 7.48. The number of nitrogens with one attached hydrogen (secondary N) is 2. The van der Waals surface area contributed by atoms with Gasteiger partial charge in [-0.2, -0.15) is 0 Å². The zero-order valence-electron chi connectivity index (χ0n) is 13.2. The first-order valence-corrected chi connectivity index (χ1v) is 13.0. The maximum atomic E-state index is 13.0. The van der Waals surface area contributed by atoms with E-state index < -0.39 is 23.8 Å². The van der Waals surface area contributed by atoms with Gasteiger partial charge in [-0.25, -0.2) is 0 Å². The number of carbonyl (C=O) groups is 1. The van der Waals surface area contributed by atoms with E-state index in [1.165, 1.54) is 51.4 Å². The molecule has 0 radical (unpaired) electrons. The van der Waals surface area contributed by atoms with Crippen molar-refractivity contribution in [3.63, 3.8) is 0 Å². The van der Waals surface area contributed by atoms with Crippen molar-refractivity contribution in [1.29, 1.82) is 0 Å². The molecule has 2 aliphatic carbocycles. The third-order valence-electron chi connectivity index (χ3n) is 6.04. The number of hydrogen-bond donors (Lipinski definition) is 2. The van der Waals surface area contributed by atoms with Gasteiger partial charge in [0.05, 0.1) is 0 Å². The molecule has 22 heavy (non-hydrogen) atoms. The standard InChI is InChI=1S/C16H26I2N2O2/c1-14(17,16-18(19-16)20-16)13(21)22-15(10-6-3-7-11-15)12-8-4-2-5-9-12/h12,19-20H,2-11H2,1H3. The molecule has 126 valence electrons. The molecule has 4 rings (SSSR count). The van der Waals surface area contributed by atoms with Crippen molar-refractivity contribution in [3.05, 3.63) is 0 Å². The Balaban J connectivity index is 1.51. The van der Waals surface area contributed by atoms with Crippen LogP contribution in [0.1, 0.15) is 71.1 Å². The molecule has 2 saturated heterocycles. The van der Waals surface area contributed by atoms with Crippen LogP contribution in [0, 0.1) is 5.92 Å². The monoisotopic (exact) mass is 532 g/mol. The number of halogens is 2. The summed E-state index contributed by atoms with van der Waals surface area (Å²) in [6.45, 7) is 2.05. The van der Waals surface area contributed by atoms with Gasteiger partial charge >= 0.3 is 155 Å². The molecule has 1 atom stereocenters. The summed E-state index contributed by atoms with van der Waals surface area (Å²) < 4.78 is 12.9. The van der Waals surface area contributed by atoms with Crippen molar-refractivity contribution in [2.45, 2.75) is 83.8 Å². The van der Waals surface area contributed by atoms with Gasteiger partial charge in [-0.05, 0) is 0 Å². The number of alkyl halides is 2. The first-order chi connectivity index (χ1) is 10.5. The third-order valence-corrected chi connectivity index (χ3v) is 13.2. The van der Waals surface area contributed by atoms with Crippen LogP contribution in [0.15, 0.2) is 0 Å². The number of fused-ring (bicyclic) bond motifs is 1. The molecule has 4 fully saturated rings. The van der Waals surface area contributed by atoms with Crippen LogP contribution < -0.4 is 7.06 Å². The summed E-state index contributed by atoms with van der Waals surface area (Å²) in [5.41, 5.74) is -0.151. The van der Waals surface area contributed by atoms with Crippen LogP contribution in [0.4, 0.5) is 0 Å². The molecule has 2 saturated carbocycles. The summed E-state index contributed by atoms with van der Waals surface area (Å²) in [6, 6.07) is 0. The SMILES string of the molecule is CC(I)(C(=O)OC1(C2CCCCC2)CCCCC1)C12NI1N2. The Morgan fingerprint density at radius 2 is 1.68 bits per heavy atom. The molecule has 0 aromatic rings. The molecule has 6 heteroatoms. The molecule has 2 heterocycles. The van der Waals surface area contributed by atoms with E-state index in [-0.39, 0.29) is 15.2 Å². The second-order valence-corrected chi connectivity index (χ2v) is 14.0. The number of esters is 1. The second kappa shape index (κ2) is 5.69. The molecule has 0 amide bonds. The molecular weight excluding hydrogens is 506 g/mol. The van der Waals surface area contributed by atoms with Crippen molar-refractivity contribution in [2.24, 2.45) is 5.92 Å². The van der Waals surface area contributed by atoms with Gasteiger partial charge in [0.2, 0.25) is 0 Å². The number of ether oxygens (including phenoxy) is 1.